The molecule has 114 valence electrons. The molecule has 0 amide bonds. The molecule has 0 spiro atoms. The van der Waals surface area contributed by atoms with Crippen molar-refractivity contribution in [2.45, 2.75) is 26.2 Å². The summed E-state index contributed by atoms with van der Waals surface area (Å²) < 4.78 is 32.9. The fraction of sp³-hybridized carbons (Fsp3) is 1.00. The fourth-order valence-corrected chi connectivity index (χ4v) is 3.42. The Morgan fingerprint density at radius 1 is 1.26 bits per heavy atom. The molecule has 7 heteroatoms. The molecule has 1 heterocycles. The normalized spacial score (nSPS) is 18.8. The molecule has 6 nitrogen and oxygen atoms in total. The van der Waals surface area contributed by atoms with Crippen LogP contribution in [0.3, 0.4) is 0 Å². The largest absolute Gasteiger partial charge is 0.383 e. The van der Waals surface area contributed by atoms with Gasteiger partial charge in [0.05, 0.1) is 6.61 Å². The Balaban J connectivity index is 2.28. The zero-order valence-corrected chi connectivity index (χ0v) is 12.8. The standard InChI is InChI=1S/C12H27N3O3S/c1-3-6-13-11-12-4-8-15(9-5-12)19(16,17)14-7-10-18-2/h12-14H,3-11H2,1-2H3. The quantitative estimate of drug-likeness (QED) is 0.595. The number of methoxy groups -OCH3 is 1. The van der Waals surface area contributed by atoms with Crippen LogP contribution >= 0.6 is 0 Å². The Bertz CT molecular complexity index is 327. The van der Waals surface area contributed by atoms with Gasteiger partial charge in [0.15, 0.2) is 0 Å². The van der Waals surface area contributed by atoms with Crippen LogP contribution in [0.15, 0.2) is 0 Å². The van der Waals surface area contributed by atoms with Gasteiger partial charge in [-0.3, -0.25) is 0 Å². The molecule has 0 unspecified atom stereocenters. The Labute approximate surface area is 117 Å². The summed E-state index contributed by atoms with van der Waals surface area (Å²) in [5, 5.41) is 3.40. The Hall–Kier alpha value is -0.210. The second-order valence-electron chi connectivity index (χ2n) is 4.94. The molecule has 0 aromatic heterocycles. The SMILES string of the molecule is CCCNCC1CCN(S(=O)(=O)NCCOC)CC1. The highest BCUT2D eigenvalue weighted by Gasteiger charge is 2.27. The molecule has 1 rings (SSSR count). The van der Waals surface area contributed by atoms with Crippen LogP contribution in [0.1, 0.15) is 26.2 Å². The average molecular weight is 293 g/mol. The van der Waals surface area contributed by atoms with Crippen LogP contribution in [-0.4, -0.2) is 59.2 Å². The summed E-state index contributed by atoms with van der Waals surface area (Å²) in [6, 6.07) is 0. The van der Waals surface area contributed by atoms with E-state index in [1.807, 2.05) is 0 Å². The lowest BCUT2D eigenvalue weighted by Gasteiger charge is -2.31. The van der Waals surface area contributed by atoms with Gasteiger partial charge in [0.25, 0.3) is 10.2 Å². The predicted octanol–water partition coefficient (Wildman–Crippen LogP) is 0.179. The van der Waals surface area contributed by atoms with E-state index in [9.17, 15) is 8.42 Å². The molecular weight excluding hydrogens is 266 g/mol. The highest BCUT2D eigenvalue weighted by Crippen LogP contribution is 2.18. The fourth-order valence-electron chi connectivity index (χ4n) is 2.20. The van der Waals surface area contributed by atoms with Gasteiger partial charge in [-0.15, -0.1) is 0 Å². The summed E-state index contributed by atoms with van der Waals surface area (Å²) in [6.45, 7) is 6.14. The van der Waals surface area contributed by atoms with Crippen molar-refractivity contribution in [1.29, 1.82) is 0 Å². The van der Waals surface area contributed by atoms with Gasteiger partial charge in [-0.1, -0.05) is 6.92 Å². The first-order chi connectivity index (χ1) is 9.10. The lowest BCUT2D eigenvalue weighted by Crippen LogP contribution is -2.46. The van der Waals surface area contributed by atoms with Crippen LogP contribution in [0.25, 0.3) is 0 Å². The molecule has 1 aliphatic heterocycles. The second-order valence-corrected chi connectivity index (χ2v) is 6.69. The second kappa shape index (κ2) is 8.86. The lowest BCUT2D eigenvalue weighted by atomic mass is 9.98. The highest BCUT2D eigenvalue weighted by atomic mass is 32.2. The van der Waals surface area contributed by atoms with Crippen molar-refractivity contribution in [2.24, 2.45) is 5.92 Å². The Morgan fingerprint density at radius 3 is 2.53 bits per heavy atom. The van der Waals surface area contributed by atoms with Gasteiger partial charge in [-0.25, -0.2) is 0 Å². The number of piperidine rings is 1. The van der Waals surface area contributed by atoms with E-state index in [0.717, 1.165) is 32.4 Å². The topological polar surface area (TPSA) is 70.7 Å². The zero-order valence-electron chi connectivity index (χ0n) is 12.0. The van der Waals surface area contributed by atoms with Crippen LogP contribution in [0, 0.1) is 5.92 Å². The number of hydrogen-bond donors (Lipinski definition) is 2. The molecule has 0 saturated carbocycles. The summed E-state index contributed by atoms with van der Waals surface area (Å²) in [6.07, 6.45) is 3.00. The molecule has 19 heavy (non-hydrogen) atoms. The van der Waals surface area contributed by atoms with Crippen molar-refractivity contribution < 1.29 is 13.2 Å². The van der Waals surface area contributed by atoms with Gasteiger partial charge in [-0.2, -0.15) is 17.4 Å². The van der Waals surface area contributed by atoms with Crippen LogP contribution in [0.5, 0.6) is 0 Å². The maximum absolute atomic E-state index is 12.0. The third-order valence-corrected chi connectivity index (χ3v) is 4.98. The Kier molecular flexibility index (Phi) is 7.86. The summed E-state index contributed by atoms with van der Waals surface area (Å²) in [7, 11) is -1.76. The van der Waals surface area contributed by atoms with Crippen molar-refractivity contribution >= 4 is 10.2 Å². The van der Waals surface area contributed by atoms with E-state index in [0.29, 0.717) is 32.2 Å². The van der Waals surface area contributed by atoms with Crippen molar-refractivity contribution in [3.05, 3.63) is 0 Å². The van der Waals surface area contributed by atoms with E-state index in [-0.39, 0.29) is 0 Å². The van der Waals surface area contributed by atoms with Gasteiger partial charge in [0, 0.05) is 26.7 Å². The molecule has 1 aliphatic rings. The maximum Gasteiger partial charge on any atom is 0.279 e. The van der Waals surface area contributed by atoms with Gasteiger partial charge < -0.3 is 10.1 Å². The Morgan fingerprint density at radius 2 is 1.95 bits per heavy atom. The van der Waals surface area contributed by atoms with Gasteiger partial charge in [-0.05, 0) is 38.3 Å². The number of nitrogens with one attached hydrogen (secondary N) is 2. The van der Waals surface area contributed by atoms with Gasteiger partial charge in [0.2, 0.25) is 0 Å². The minimum atomic E-state index is -3.32. The third-order valence-electron chi connectivity index (χ3n) is 3.36. The summed E-state index contributed by atoms with van der Waals surface area (Å²) >= 11 is 0. The zero-order chi connectivity index (χ0) is 14.1. The minimum Gasteiger partial charge on any atom is -0.383 e. The van der Waals surface area contributed by atoms with E-state index in [1.54, 1.807) is 11.4 Å². The summed E-state index contributed by atoms with van der Waals surface area (Å²) in [5.41, 5.74) is 0. The van der Waals surface area contributed by atoms with Gasteiger partial charge in [0.1, 0.15) is 0 Å². The molecule has 1 saturated heterocycles. The van der Waals surface area contributed by atoms with Crippen molar-refractivity contribution in [3.8, 4) is 0 Å². The predicted molar refractivity (Wildman–Crippen MR) is 76.3 cm³/mol. The smallest absolute Gasteiger partial charge is 0.279 e. The molecule has 0 atom stereocenters. The average Bonchev–Trinajstić information content (AvgIpc) is 2.40. The molecule has 2 N–H and O–H groups in total. The number of ether oxygens (including phenoxy) is 1. The van der Waals surface area contributed by atoms with Crippen LogP contribution in [-0.2, 0) is 14.9 Å². The summed E-state index contributed by atoms with van der Waals surface area (Å²) in [4.78, 5) is 0. The van der Waals surface area contributed by atoms with E-state index in [1.165, 1.54) is 0 Å². The van der Waals surface area contributed by atoms with Crippen molar-refractivity contribution in [1.82, 2.24) is 14.3 Å². The molecule has 0 aromatic rings. The van der Waals surface area contributed by atoms with E-state index in [4.69, 9.17) is 4.74 Å². The summed E-state index contributed by atoms with van der Waals surface area (Å²) in [5.74, 6) is 0.594. The van der Waals surface area contributed by atoms with Crippen LogP contribution in [0.2, 0.25) is 0 Å². The minimum absolute atomic E-state index is 0.330. The lowest BCUT2D eigenvalue weighted by molar-refractivity contribution is 0.202. The van der Waals surface area contributed by atoms with Crippen molar-refractivity contribution in [2.75, 3.05) is 46.4 Å². The number of nitrogens with zero attached hydrogens (tertiary/aromatic N) is 1. The van der Waals surface area contributed by atoms with E-state index >= 15 is 0 Å². The van der Waals surface area contributed by atoms with E-state index < -0.39 is 10.2 Å². The molecule has 0 radical (unpaired) electrons. The van der Waals surface area contributed by atoms with Crippen molar-refractivity contribution in [3.63, 3.8) is 0 Å². The van der Waals surface area contributed by atoms with Gasteiger partial charge >= 0.3 is 0 Å². The third kappa shape index (κ3) is 6.18. The van der Waals surface area contributed by atoms with Crippen LogP contribution < -0.4 is 10.0 Å². The first-order valence-electron chi connectivity index (χ1n) is 7.04. The number of rotatable bonds is 9. The van der Waals surface area contributed by atoms with E-state index in [2.05, 4.69) is 17.0 Å². The maximum atomic E-state index is 12.0. The molecule has 0 aliphatic carbocycles. The highest BCUT2D eigenvalue weighted by molar-refractivity contribution is 7.87. The first kappa shape index (κ1) is 16.8. The molecule has 0 aromatic carbocycles. The molecule has 0 bridgehead atoms. The molecular formula is C12H27N3O3S. The first-order valence-corrected chi connectivity index (χ1v) is 8.48. The van der Waals surface area contributed by atoms with Crippen LogP contribution in [0.4, 0.5) is 0 Å². The monoisotopic (exact) mass is 293 g/mol. The number of hydrogen-bond acceptors (Lipinski definition) is 4. The molecule has 1 fully saturated rings.